The van der Waals surface area contributed by atoms with Crippen LogP contribution in [0.15, 0.2) is 24.3 Å². The maximum absolute atomic E-state index is 7.69. The van der Waals surface area contributed by atoms with Crippen molar-refractivity contribution >= 4 is 11.5 Å². The zero-order valence-corrected chi connectivity index (χ0v) is 8.96. The van der Waals surface area contributed by atoms with Gasteiger partial charge in [0.2, 0.25) is 0 Å². The van der Waals surface area contributed by atoms with E-state index in [1.807, 2.05) is 50.3 Å². The van der Waals surface area contributed by atoms with Gasteiger partial charge in [-0.15, -0.1) is 0 Å². The van der Waals surface area contributed by atoms with Crippen molar-refractivity contribution in [1.29, 1.82) is 5.41 Å². The molecule has 0 fully saturated rings. The van der Waals surface area contributed by atoms with Crippen LogP contribution in [0.4, 0.5) is 5.69 Å². The topological polar surface area (TPSA) is 39.1 Å². The summed E-state index contributed by atoms with van der Waals surface area (Å²) in [7, 11) is 5.69. The van der Waals surface area contributed by atoms with Crippen molar-refractivity contribution in [2.45, 2.75) is 6.42 Å². The van der Waals surface area contributed by atoms with E-state index in [1.54, 1.807) is 0 Å². The minimum Gasteiger partial charge on any atom is -0.388 e. The SMILES string of the molecule is CNc1ccc(CC(=N)N(C)C)cc1. The Morgan fingerprint density at radius 2 is 1.86 bits per heavy atom. The minimum absolute atomic E-state index is 0.627. The van der Waals surface area contributed by atoms with Gasteiger partial charge < -0.3 is 10.2 Å². The molecule has 0 atom stereocenters. The number of rotatable bonds is 3. The molecule has 0 aromatic heterocycles. The van der Waals surface area contributed by atoms with E-state index in [4.69, 9.17) is 5.41 Å². The largest absolute Gasteiger partial charge is 0.388 e. The first-order valence-electron chi connectivity index (χ1n) is 4.65. The molecule has 0 saturated carbocycles. The highest BCUT2D eigenvalue weighted by Gasteiger charge is 2.00. The molecular weight excluding hydrogens is 174 g/mol. The highest BCUT2D eigenvalue weighted by Crippen LogP contribution is 2.09. The molecule has 3 nitrogen and oxygen atoms in total. The quantitative estimate of drug-likeness (QED) is 0.565. The van der Waals surface area contributed by atoms with Crippen LogP contribution < -0.4 is 5.32 Å². The number of hydrogen-bond donors (Lipinski definition) is 2. The highest BCUT2D eigenvalue weighted by atomic mass is 15.1. The Hall–Kier alpha value is -1.51. The average Bonchev–Trinajstić information content (AvgIpc) is 2.19. The summed E-state index contributed by atoms with van der Waals surface area (Å²) in [5.41, 5.74) is 2.27. The van der Waals surface area contributed by atoms with Gasteiger partial charge in [0.05, 0.1) is 5.84 Å². The van der Waals surface area contributed by atoms with E-state index in [0.29, 0.717) is 12.3 Å². The van der Waals surface area contributed by atoms with Gasteiger partial charge in [-0.25, -0.2) is 0 Å². The van der Waals surface area contributed by atoms with Crippen LogP contribution in [0.3, 0.4) is 0 Å². The Morgan fingerprint density at radius 1 is 1.29 bits per heavy atom. The van der Waals surface area contributed by atoms with Gasteiger partial charge in [-0.3, -0.25) is 5.41 Å². The normalized spacial score (nSPS) is 9.64. The Labute approximate surface area is 85.3 Å². The van der Waals surface area contributed by atoms with Crippen LogP contribution in [0.25, 0.3) is 0 Å². The summed E-state index contributed by atoms with van der Waals surface area (Å²) >= 11 is 0. The van der Waals surface area contributed by atoms with Gasteiger partial charge in [-0.1, -0.05) is 12.1 Å². The van der Waals surface area contributed by atoms with E-state index >= 15 is 0 Å². The van der Waals surface area contributed by atoms with E-state index in [9.17, 15) is 0 Å². The second-order valence-corrected chi connectivity index (χ2v) is 3.46. The third kappa shape index (κ3) is 2.76. The maximum atomic E-state index is 7.69. The summed E-state index contributed by atoms with van der Waals surface area (Å²) < 4.78 is 0. The summed E-state index contributed by atoms with van der Waals surface area (Å²) in [4.78, 5) is 1.83. The molecule has 0 spiro atoms. The van der Waals surface area contributed by atoms with Gasteiger partial charge in [-0.2, -0.15) is 0 Å². The standard InChI is InChI=1S/C11H17N3/c1-13-10-6-4-9(5-7-10)8-11(12)14(2)3/h4-7,12-13H,8H2,1-3H3. The highest BCUT2D eigenvalue weighted by molar-refractivity contribution is 5.81. The Bertz CT molecular complexity index is 301. The first-order valence-corrected chi connectivity index (χ1v) is 4.65. The number of nitrogens with zero attached hydrogens (tertiary/aromatic N) is 1. The van der Waals surface area contributed by atoms with Gasteiger partial charge >= 0.3 is 0 Å². The first kappa shape index (κ1) is 10.6. The summed E-state index contributed by atoms with van der Waals surface area (Å²) in [6, 6.07) is 8.14. The molecule has 0 unspecified atom stereocenters. The molecule has 76 valence electrons. The molecule has 0 aliphatic rings. The minimum atomic E-state index is 0.627. The summed E-state index contributed by atoms with van der Waals surface area (Å²) in [6.07, 6.45) is 0.691. The van der Waals surface area contributed by atoms with Crippen LogP contribution in [0, 0.1) is 5.41 Å². The third-order valence-electron chi connectivity index (χ3n) is 2.15. The lowest BCUT2D eigenvalue weighted by molar-refractivity contribution is 0.605. The maximum Gasteiger partial charge on any atom is 0.0997 e. The molecule has 1 aromatic carbocycles. The molecule has 0 aliphatic heterocycles. The van der Waals surface area contributed by atoms with Crippen molar-refractivity contribution in [3.05, 3.63) is 29.8 Å². The second kappa shape index (κ2) is 4.65. The average molecular weight is 191 g/mol. The lowest BCUT2D eigenvalue weighted by Gasteiger charge is -2.13. The van der Waals surface area contributed by atoms with E-state index in [-0.39, 0.29) is 0 Å². The Kier molecular flexibility index (Phi) is 3.51. The molecule has 14 heavy (non-hydrogen) atoms. The van der Waals surface area contributed by atoms with Crippen LogP contribution in [-0.2, 0) is 6.42 Å². The van der Waals surface area contributed by atoms with Crippen LogP contribution >= 0.6 is 0 Å². The fourth-order valence-corrected chi connectivity index (χ4v) is 1.14. The van der Waals surface area contributed by atoms with Crippen molar-refractivity contribution in [3.8, 4) is 0 Å². The fourth-order valence-electron chi connectivity index (χ4n) is 1.14. The molecular formula is C11H17N3. The van der Waals surface area contributed by atoms with Crippen LogP contribution in [0.5, 0.6) is 0 Å². The molecule has 0 saturated heterocycles. The van der Waals surface area contributed by atoms with Gasteiger partial charge in [0, 0.05) is 33.3 Å². The Morgan fingerprint density at radius 3 is 2.29 bits per heavy atom. The van der Waals surface area contributed by atoms with E-state index in [0.717, 1.165) is 5.69 Å². The number of hydrogen-bond acceptors (Lipinski definition) is 2. The zero-order chi connectivity index (χ0) is 10.6. The lowest BCUT2D eigenvalue weighted by atomic mass is 10.1. The number of nitrogens with one attached hydrogen (secondary N) is 2. The van der Waals surface area contributed by atoms with E-state index in [2.05, 4.69) is 5.32 Å². The van der Waals surface area contributed by atoms with Gasteiger partial charge in [-0.05, 0) is 17.7 Å². The molecule has 1 rings (SSSR count). The molecule has 0 heterocycles. The predicted molar refractivity (Wildman–Crippen MR) is 61.1 cm³/mol. The van der Waals surface area contributed by atoms with Gasteiger partial charge in [0.1, 0.15) is 0 Å². The fraction of sp³-hybridized carbons (Fsp3) is 0.364. The molecule has 0 bridgehead atoms. The van der Waals surface area contributed by atoms with Gasteiger partial charge in [0.25, 0.3) is 0 Å². The van der Waals surface area contributed by atoms with E-state index in [1.165, 1.54) is 5.56 Å². The van der Waals surface area contributed by atoms with Crippen molar-refractivity contribution in [2.24, 2.45) is 0 Å². The smallest absolute Gasteiger partial charge is 0.0997 e. The monoisotopic (exact) mass is 191 g/mol. The van der Waals surface area contributed by atoms with Crippen molar-refractivity contribution in [3.63, 3.8) is 0 Å². The van der Waals surface area contributed by atoms with Crippen LogP contribution in [0.2, 0.25) is 0 Å². The summed E-state index contributed by atoms with van der Waals surface area (Å²) in [5.74, 6) is 0.627. The van der Waals surface area contributed by atoms with Crippen molar-refractivity contribution < 1.29 is 0 Å². The second-order valence-electron chi connectivity index (χ2n) is 3.46. The summed E-state index contributed by atoms with van der Waals surface area (Å²) in [6.45, 7) is 0. The molecule has 0 aliphatic carbocycles. The summed E-state index contributed by atoms with van der Waals surface area (Å²) in [5, 5.41) is 10.8. The number of benzene rings is 1. The van der Waals surface area contributed by atoms with Gasteiger partial charge in [0.15, 0.2) is 0 Å². The molecule has 2 N–H and O–H groups in total. The zero-order valence-electron chi connectivity index (χ0n) is 8.96. The predicted octanol–water partition coefficient (Wildman–Crippen LogP) is 1.81. The Balaban J connectivity index is 2.64. The number of amidine groups is 1. The molecule has 1 aromatic rings. The van der Waals surface area contributed by atoms with Crippen molar-refractivity contribution in [2.75, 3.05) is 26.5 Å². The van der Waals surface area contributed by atoms with E-state index < -0.39 is 0 Å². The first-order chi connectivity index (χ1) is 6.63. The number of likely N-dealkylation sites (N-methyl/N-ethyl adjacent to an activating group) is 1. The molecule has 3 heteroatoms. The van der Waals surface area contributed by atoms with Crippen LogP contribution in [0.1, 0.15) is 5.56 Å². The third-order valence-corrected chi connectivity index (χ3v) is 2.15. The van der Waals surface area contributed by atoms with Crippen molar-refractivity contribution in [1.82, 2.24) is 4.90 Å². The lowest BCUT2D eigenvalue weighted by Crippen LogP contribution is -2.22. The molecule has 0 amide bonds. The molecule has 0 radical (unpaired) electrons. The number of anilines is 1. The van der Waals surface area contributed by atoms with Crippen LogP contribution in [-0.4, -0.2) is 31.9 Å².